The van der Waals surface area contributed by atoms with Crippen molar-refractivity contribution in [3.8, 4) is 11.4 Å². The molecule has 10 heteroatoms. The first-order valence-electron chi connectivity index (χ1n) is 6.12. The molecule has 0 spiro atoms. The second-order valence-electron chi connectivity index (χ2n) is 4.77. The molecule has 2 heterocycles. The lowest BCUT2D eigenvalue weighted by Crippen LogP contribution is -2.11. The summed E-state index contributed by atoms with van der Waals surface area (Å²) >= 11 is 2.18. The Morgan fingerprint density at radius 3 is 2.64 bits per heavy atom. The van der Waals surface area contributed by atoms with Gasteiger partial charge in [0.15, 0.2) is 5.82 Å². The summed E-state index contributed by atoms with van der Waals surface area (Å²) in [5, 5.41) is 3.90. The molecule has 0 atom stereocenters. The number of aromatic nitrogens is 5. The summed E-state index contributed by atoms with van der Waals surface area (Å²) in [6.45, 7) is 1.96. The van der Waals surface area contributed by atoms with Crippen LogP contribution in [-0.4, -0.2) is 39.2 Å². The summed E-state index contributed by atoms with van der Waals surface area (Å²) in [6, 6.07) is 5.88. The van der Waals surface area contributed by atoms with E-state index in [1.807, 2.05) is 25.1 Å². The van der Waals surface area contributed by atoms with Gasteiger partial charge in [0, 0.05) is 15.4 Å². The van der Waals surface area contributed by atoms with Crippen LogP contribution in [-0.2, 0) is 9.84 Å². The molecule has 8 nitrogen and oxygen atoms in total. The minimum atomic E-state index is -3.57. The van der Waals surface area contributed by atoms with Crippen LogP contribution in [0.25, 0.3) is 17.2 Å². The number of hydrogen-bond acceptors (Lipinski definition) is 7. The van der Waals surface area contributed by atoms with Gasteiger partial charge in [-0.15, -0.1) is 5.10 Å². The third-order valence-electron chi connectivity index (χ3n) is 2.91. The fourth-order valence-electron chi connectivity index (χ4n) is 1.88. The van der Waals surface area contributed by atoms with E-state index in [-0.39, 0.29) is 16.9 Å². The zero-order valence-electron chi connectivity index (χ0n) is 11.6. The number of benzene rings is 1. The number of nitrogens with two attached hydrogens (primary N) is 1. The first kappa shape index (κ1) is 15.1. The third-order valence-corrected chi connectivity index (χ3v) is 4.69. The van der Waals surface area contributed by atoms with Crippen molar-refractivity contribution in [2.45, 2.75) is 12.1 Å². The van der Waals surface area contributed by atoms with Gasteiger partial charge in [0.25, 0.3) is 10.9 Å². The highest BCUT2D eigenvalue weighted by atomic mass is 127. The topological polar surface area (TPSA) is 116 Å². The van der Waals surface area contributed by atoms with Gasteiger partial charge in [-0.05, 0) is 41.6 Å². The van der Waals surface area contributed by atoms with Crippen molar-refractivity contribution in [3.63, 3.8) is 0 Å². The van der Waals surface area contributed by atoms with E-state index in [0.29, 0.717) is 5.82 Å². The van der Waals surface area contributed by atoms with Gasteiger partial charge in [-0.3, -0.25) is 0 Å². The van der Waals surface area contributed by atoms with E-state index in [2.05, 4.69) is 42.6 Å². The van der Waals surface area contributed by atoms with Crippen LogP contribution in [0.3, 0.4) is 0 Å². The Labute approximate surface area is 139 Å². The minimum Gasteiger partial charge on any atom is -0.368 e. The summed E-state index contributed by atoms with van der Waals surface area (Å²) in [4.78, 5) is 11.9. The number of anilines is 1. The number of nitrogens with zero attached hydrogens (tertiary/aromatic N) is 5. The quantitative estimate of drug-likeness (QED) is 0.605. The maximum absolute atomic E-state index is 11.6. The SMILES string of the molecule is Cc1ccc(I)c(-c2nc3nc(S(C)(=O)=O)nc(N)n3n2)c1. The van der Waals surface area contributed by atoms with Gasteiger partial charge in [0.2, 0.25) is 15.8 Å². The average molecular weight is 430 g/mol. The van der Waals surface area contributed by atoms with Crippen molar-refractivity contribution < 1.29 is 8.42 Å². The molecule has 0 radical (unpaired) electrons. The van der Waals surface area contributed by atoms with Gasteiger partial charge >= 0.3 is 0 Å². The van der Waals surface area contributed by atoms with Gasteiger partial charge in [0.1, 0.15) is 0 Å². The Morgan fingerprint density at radius 1 is 1.23 bits per heavy atom. The zero-order chi connectivity index (χ0) is 16.1. The molecule has 1 aromatic carbocycles. The third kappa shape index (κ3) is 2.63. The van der Waals surface area contributed by atoms with E-state index < -0.39 is 9.84 Å². The summed E-state index contributed by atoms with van der Waals surface area (Å²) in [5.41, 5.74) is 7.64. The molecule has 0 aliphatic rings. The van der Waals surface area contributed by atoms with Gasteiger partial charge in [-0.2, -0.15) is 19.5 Å². The number of sulfone groups is 1. The number of halogens is 1. The van der Waals surface area contributed by atoms with Crippen LogP contribution >= 0.6 is 22.6 Å². The lowest BCUT2D eigenvalue weighted by Gasteiger charge is -2.00. The van der Waals surface area contributed by atoms with Crippen LogP contribution in [0.1, 0.15) is 5.56 Å². The molecule has 0 aliphatic carbocycles. The molecular weight excluding hydrogens is 419 g/mol. The van der Waals surface area contributed by atoms with E-state index in [1.54, 1.807) is 0 Å². The molecule has 2 N–H and O–H groups in total. The predicted molar refractivity (Wildman–Crippen MR) is 89.0 cm³/mol. The first-order valence-corrected chi connectivity index (χ1v) is 9.09. The molecule has 3 aromatic rings. The van der Waals surface area contributed by atoms with Gasteiger partial charge in [-0.1, -0.05) is 11.6 Å². The maximum Gasteiger partial charge on any atom is 0.258 e. The van der Waals surface area contributed by atoms with Crippen molar-refractivity contribution in [1.82, 2.24) is 24.6 Å². The highest BCUT2D eigenvalue weighted by Gasteiger charge is 2.18. The standard InChI is InChI=1S/C12H11IN6O2S/c1-6-3-4-8(13)7(5-6)9-15-11-17-12(22(2,20)21)16-10(14)19(11)18-9/h3-5H,1-2H3,(H2,14,15,16,17,18). The summed E-state index contributed by atoms with van der Waals surface area (Å²) in [5.74, 6) is 0.437. The number of rotatable bonds is 2. The maximum atomic E-state index is 11.6. The molecule has 0 aliphatic heterocycles. The molecule has 0 fully saturated rings. The predicted octanol–water partition coefficient (Wildman–Crippen LogP) is 1.09. The number of hydrogen-bond donors (Lipinski definition) is 1. The Hall–Kier alpha value is -1.82. The molecule has 0 amide bonds. The monoisotopic (exact) mass is 430 g/mol. The Bertz CT molecular complexity index is 998. The molecule has 0 bridgehead atoms. The van der Waals surface area contributed by atoms with Crippen LogP contribution < -0.4 is 5.73 Å². The molecule has 0 saturated heterocycles. The smallest absolute Gasteiger partial charge is 0.258 e. The number of nitrogen functional groups attached to an aromatic ring is 1. The first-order chi connectivity index (χ1) is 10.3. The minimum absolute atomic E-state index is 0.0770. The molecule has 0 unspecified atom stereocenters. The Morgan fingerprint density at radius 2 is 1.95 bits per heavy atom. The number of aryl methyl sites for hydroxylation is 1. The Balaban J connectivity index is 2.26. The lowest BCUT2D eigenvalue weighted by atomic mass is 10.1. The van der Waals surface area contributed by atoms with Crippen LogP contribution in [0.5, 0.6) is 0 Å². The normalized spacial score (nSPS) is 12.0. The van der Waals surface area contributed by atoms with E-state index in [9.17, 15) is 8.42 Å². The zero-order valence-corrected chi connectivity index (χ0v) is 14.6. The van der Waals surface area contributed by atoms with Crippen molar-refractivity contribution in [3.05, 3.63) is 27.3 Å². The van der Waals surface area contributed by atoms with Crippen molar-refractivity contribution in [2.24, 2.45) is 0 Å². The molecule has 114 valence electrons. The molecule has 22 heavy (non-hydrogen) atoms. The highest BCUT2D eigenvalue weighted by Crippen LogP contribution is 2.24. The summed E-state index contributed by atoms with van der Waals surface area (Å²) in [7, 11) is -3.57. The van der Waals surface area contributed by atoms with Gasteiger partial charge in [-0.25, -0.2) is 8.42 Å². The van der Waals surface area contributed by atoms with Crippen molar-refractivity contribution in [1.29, 1.82) is 0 Å². The fourth-order valence-corrected chi connectivity index (χ4v) is 2.96. The summed E-state index contributed by atoms with van der Waals surface area (Å²) in [6.07, 6.45) is 1.01. The molecule has 0 saturated carbocycles. The lowest BCUT2D eigenvalue weighted by molar-refractivity contribution is 0.592. The second kappa shape index (κ2) is 5.12. The van der Waals surface area contributed by atoms with Gasteiger partial charge < -0.3 is 5.73 Å². The van der Waals surface area contributed by atoms with Crippen LogP contribution in [0.2, 0.25) is 0 Å². The van der Waals surface area contributed by atoms with Crippen LogP contribution in [0.4, 0.5) is 5.95 Å². The van der Waals surface area contributed by atoms with E-state index in [4.69, 9.17) is 5.73 Å². The Kier molecular flexibility index (Phi) is 3.51. The van der Waals surface area contributed by atoms with Gasteiger partial charge in [0.05, 0.1) is 0 Å². The second-order valence-corrected chi connectivity index (χ2v) is 7.84. The van der Waals surface area contributed by atoms with Crippen LogP contribution in [0.15, 0.2) is 23.4 Å². The molecule has 2 aromatic heterocycles. The van der Waals surface area contributed by atoms with Crippen LogP contribution in [0, 0.1) is 10.5 Å². The molecule has 3 rings (SSSR count). The largest absolute Gasteiger partial charge is 0.368 e. The fraction of sp³-hybridized carbons (Fsp3) is 0.167. The van der Waals surface area contributed by atoms with Crippen molar-refractivity contribution in [2.75, 3.05) is 12.0 Å². The van der Waals surface area contributed by atoms with E-state index >= 15 is 0 Å². The van der Waals surface area contributed by atoms with E-state index in [1.165, 1.54) is 4.52 Å². The summed E-state index contributed by atoms with van der Waals surface area (Å²) < 4.78 is 25.3. The number of fused-ring (bicyclic) bond motifs is 1. The van der Waals surface area contributed by atoms with Crippen molar-refractivity contribution >= 4 is 44.2 Å². The average Bonchev–Trinajstić information content (AvgIpc) is 2.85. The highest BCUT2D eigenvalue weighted by molar-refractivity contribution is 14.1. The molecular formula is C12H11IN6O2S. The van der Waals surface area contributed by atoms with E-state index in [0.717, 1.165) is 21.0 Å².